The van der Waals surface area contributed by atoms with Gasteiger partial charge < -0.3 is 20.0 Å². The van der Waals surface area contributed by atoms with E-state index in [2.05, 4.69) is 54.1 Å². The van der Waals surface area contributed by atoms with Gasteiger partial charge in [0.1, 0.15) is 0 Å². The molecule has 0 radical (unpaired) electrons. The van der Waals surface area contributed by atoms with Crippen molar-refractivity contribution < 1.29 is 4.79 Å². The molecule has 1 aliphatic heterocycles. The number of piperazine rings is 1. The molecule has 1 saturated heterocycles. The molecule has 28 heavy (non-hydrogen) atoms. The monoisotopic (exact) mass is 380 g/mol. The molecule has 0 aliphatic carbocycles. The Morgan fingerprint density at radius 2 is 1.71 bits per heavy atom. The van der Waals surface area contributed by atoms with Gasteiger partial charge in [-0.1, -0.05) is 12.1 Å². The van der Waals surface area contributed by atoms with Crippen LogP contribution in [0.25, 0.3) is 0 Å². The van der Waals surface area contributed by atoms with Gasteiger partial charge in [-0.05, 0) is 69.2 Å². The lowest BCUT2D eigenvalue weighted by Gasteiger charge is -2.37. The third-order valence-electron chi connectivity index (χ3n) is 5.49. The number of rotatable bonds is 5. The summed E-state index contributed by atoms with van der Waals surface area (Å²) in [7, 11) is 0. The lowest BCUT2D eigenvalue weighted by Crippen LogP contribution is -2.50. The Kier molecular flexibility index (Phi) is 6.45. The zero-order valence-electron chi connectivity index (χ0n) is 17.5. The fourth-order valence-electron chi connectivity index (χ4n) is 3.86. The molecule has 1 N–H and O–H groups in total. The van der Waals surface area contributed by atoms with E-state index >= 15 is 0 Å². The van der Waals surface area contributed by atoms with Crippen molar-refractivity contribution in [2.45, 2.75) is 27.7 Å². The number of benzene rings is 2. The fraction of sp³-hybridized carbons (Fsp3) is 0.435. The minimum Gasteiger partial charge on any atom is -0.372 e. The van der Waals surface area contributed by atoms with E-state index in [1.54, 1.807) is 0 Å². The van der Waals surface area contributed by atoms with Crippen molar-refractivity contribution >= 4 is 23.1 Å². The van der Waals surface area contributed by atoms with Crippen molar-refractivity contribution in [3.63, 3.8) is 0 Å². The molecule has 2 aromatic carbocycles. The number of hydrogen-bond acceptors (Lipinski definition) is 3. The largest absolute Gasteiger partial charge is 0.372 e. The van der Waals surface area contributed by atoms with Gasteiger partial charge in [0, 0.05) is 56.3 Å². The highest BCUT2D eigenvalue weighted by Gasteiger charge is 2.22. The van der Waals surface area contributed by atoms with Crippen molar-refractivity contribution in [3.05, 3.63) is 53.6 Å². The molecule has 0 saturated carbocycles. The van der Waals surface area contributed by atoms with Crippen LogP contribution >= 0.6 is 0 Å². The van der Waals surface area contributed by atoms with E-state index in [0.717, 1.165) is 50.5 Å². The minimum atomic E-state index is -0.0150. The van der Waals surface area contributed by atoms with Crippen molar-refractivity contribution in [2.75, 3.05) is 54.4 Å². The number of carbonyl (C=O) groups excluding carboxylic acids is 1. The summed E-state index contributed by atoms with van der Waals surface area (Å²) in [6, 6.07) is 14.6. The lowest BCUT2D eigenvalue weighted by atomic mass is 10.1. The highest BCUT2D eigenvalue weighted by atomic mass is 16.2. The maximum Gasteiger partial charge on any atom is 0.321 e. The predicted molar refractivity (Wildman–Crippen MR) is 119 cm³/mol. The first kappa shape index (κ1) is 20.1. The van der Waals surface area contributed by atoms with Crippen molar-refractivity contribution in [3.8, 4) is 0 Å². The normalized spacial score (nSPS) is 14.1. The SMILES string of the molecule is CCN(CC)c1ccc(N2CCN(C(=O)Nc3cccc(C)c3)CC2)c(C)c1. The maximum absolute atomic E-state index is 12.6. The van der Waals surface area contributed by atoms with E-state index in [-0.39, 0.29) is 6.03 Å². The summed E-state index contributed by atoms with van der Waals surface area (Å²) < 4.78 is 0. The predicted octanol–water partition coefficient (Wildman–Crippen LogP) is 4.50. The molecule has 0 bridgehead atoms. The number of carbonyl (C=O) groups is 1. The molecule has 5 heteroatoms. The van der Waals surface area contributed by atoms with Crippen LogP contribution in [0.2, 0.25) is 0 Å². The van der Waals surface area contributed by atoms with E-state index in [1.807, 2.05) is 36.1 Å². The van der Waals surface area contributed by atoms with Gasteiger partial charge in [0.25, 0.3) is 0 Å². The number of hydrogen-bond donors (Lipinski definition) is 1. The Morgan fingerprint density at radius 3 is 2.32 bits per heavy atom. The second-order valence-electron chi connectivity index (χ2n) is 7.42. The van der Waals surface area contributed by atoms with Crippen molar-refractivity contribution in [1.82, 2.24) is 4.90 Å². The standard InChI is InChI=1S/C23H32N4O/c1-5-25(6-2)21-10-11-22(19(4)17-21)26-12-14-27(15-13-26)23(28)24-20-9-7-8-18(3)16-20/h7-11,16-17H,5-6,12-15H2,1-4H3,(H,24,28). The number of amides is 2. The van der Waals surface area contributed by atoms with Gasteiger partial charge in [0.2, 0.25) is 0 Å². The molecule has 0 aromatic heterocycles. The second-order valence-corrected chi connectivity index (χ2v) is 7.42. The van der Waals surface area contributed by atoms with Gasteiger partial charge in [-0.25, -0.2) is 4.79 Å². The summed E-state index contributed by atoms with van der Waals surface area (Å²) in [6.45, 7) is 13.8. The Bertz CT molecular complexity index is 808. The molecule has 0 unspecified atom stereocenters. The van der Waals surface area contributed by atoms with Gasteiger partial charge in [0.05, 0.1) is 0 Å². The van der Waals surface area contributed by atoms with Crippen LogP contribution in [0, 0.1) is 13.8 Å². The van der Waals surface area contributed by atoms with Crippen LogP contribution < -0.4 is 15.1 Å². The highest BCUT2D eigenvalue weighted by Crippen LogP contribution is 2.26. The molecule has 5 nitrogen and oxygen atoms in total. The average Bonchev–Trinajstić information content (AvgIpc) is 2.69. The molecule has 1 aliphatic rings. The molecule has 0 atom stereocenters. The van der Waals surface area contributed by atoms with Crippen LogP contribution in [-0.2, 0) is 0 Å². The Balaban J connectivity index is 1.60. The van der Waals surface area contributed by atoms with Gasteiger partial charge >= 0.3 is 6.03 Å². The minimum absolute atomic E-state index is 0.0150. The average molecular weight is 381 g/mol. The molecule has 2 amide bonds. The fourth-order valence-corrected chi connectivity index (χ4v) is 3.86. The molecule has 1 heterocycles. The highest BCUT2D eigenvalue weighted by molar-refractivity contribution is 5.89. The Labute approximate surface area is 168 Å². The van der Waals surface area contributed by atoms with Crippen LogP contribution in [0.4, 0.5) is 21.9 Å². The van der Waals surface area contributed by atoms with Crippen LogP contribution in [0.15, 0.2) is 42.5 Å². The van der Waals surface area contributed by atoms with Gasteiger partial charge in [-0.15, -0.1) is 0 Å². The van der Waals surface area contributed by atoms with E-state index in [4.69, 9.17) is 0 Å². The van der Waals surface area contributed by atoms with E-state index in [0.29, 0.717) is 0 Å². The summed E-state index contributed by atoms with van der Waals surface area (Å²) in [4.78, 5) is 19.2. The summed E-state index contributed by atoms with van der Waals surface area (Å²) in [6.07, 6.45) is 0. The maximum atomic E-state index is 12.6. The number of aryl methyl sites for hydroxylation is 2. The smallest absolute Gasteiger partial charge is 0.321 e. The molecule has 1 fully saturated rings. The van der Waals surface area contributed by atoms with E-state index < -0.39 is 0 Å². The number of anilines is 3. The topological polar surface area (TPSA) is 38.8 Å². The zero-order chi connectivity index (χ0) is 20.1. The lowest BCUT2D eigenvalue weighted by molar-refractivity contribution is 0.208. The molecular weight excluding hydrogens is 348 g/mol. The molecule has 150 valence electrons. The third kappa shape index (κ3) is 4.58. The summed E-state index contributed by atoms with van der Waals surface area (Å²) in [5.74, 6) is 0. The molecule has 2 aromatic rings. The van der Waals surface area contributed by atoms with Crippen LogP contribution in [0.3, 0.4) is 0 Å². The zero-order valence-corrected chi connectivity index (χ0v) is 17.5. The van der Waals surface area contributed by atoms with Crippen molar-refractivity contribution in [1.29, 1.82) is 0 Å². The first-order valence-electron chi connectivity index (χ1n) is 10.2. The molecular formula is C23H32N4O. The van der Waals surface area contributed by atoms with Crippen LogP contribution in [0.1, 0.15) is 25.0 Å². The Morgan fingerprint density at radius 1 is 1.00 bits per heavy atom. The first-order valence-corrected chi connectivity index (χ1v) is 10.2. The summed E-state index contributed by atoms with van der Waals surface area (Å²) >= 11 is 0. The van der Waals surface area contributed by atoms with E-state index in [9.17, 15) is 4.79 Å². The number of nitrogens with one attached hydrogen (secondary N) is 1. The molecule has 3 rings (SSSR count). The molecule has 0 spiro atoms. The Hall–Kier alpha value is -2.69. The number of nitrogens with zero attached hydrogens (tertiary/aromatic N) is 3. The van der Waals surface area contributed by atoms with Gasteiger partial charge in [0.15, 0.2) is 0 Å². The quantitative estimate of drug-likeness (QED) is 0.830. The summed E-state index contributed by atoms with van der Waals surface area (Å²) in [5, 5.41) is 3.01. The van der Waals surface area contributed by atoms with Gasteiger partial charge in [-0.3, -0.25) is 0 Å². The van der Waals surface area contributed by atoms with Gasteiger partial charge in [-0.2, -0.15) is 0 Å². The van der Waals surface area contributed by atoms with Crippen molar-refractivity contribution in [2.24, 2.45) is 0 Å². The second kappa shape index (κ2) is 9.00. The third-order valence-corrected chi connectivity index (χ3v) is 5.49. The van der Waals surface area contributed by atoms with E-state index in [1.165, 1.54) is 16.9 Å². The first-order chi connectivity index (χ1) is 13.5. The van der Waals surface area contributed by atoms with Crippen LogP contribution in [0.5, 0.6) is 0 Å². The number of urea groups is 1. The van der Waals surface area contributed by atoms with Crippen LogP contribution in [-0.4, -0.2) is 50.2 Å². The summed E-state index contributed by atoms with van der Waals surface area (Å²) in [5.41, 5.74) is 5.85.